The van der Waals surface area contributed by atoms with E-state index in [1.54, 1.807) is 5.38 Å². The number of hydrogen-bond donors (Lipinski definition) is 2. The highest BCUT2D eigenvalue weighted by atomic mass is 32.2. The number of thiazole rings is 1. The molecule has 30 heavy (non-hydrogen) atoms. The molecule has 2 N–H and O–H groups in total. The van der Waals surface area contributed by atoms with E-state index in [4.69, 9.17) is 0 Å². The normalized spacial score (nSPS) is 12.1. The molecule has 2 aromatic carbocycles. The lowest BCUT2D eigenvalue weighted by atomic mass is 10.1. The third-order valence-corrected chi connectivity index (χ3v) is 5.92. The predicted molar refractivity (Wildman–Crippen MR) is 108 cm³/mol. The van der Waals surface area contributed by atoms with Crippen molar-refractivity contribution in [1.82, 2.24) is 4.98 Å². The van der Waals surface area contributed by atoms with E-state index in [0.29, 0.717) is 11.3 Å². The predicted octanol–water partition coefficient (Wildman–Crippen LogP) is 4.61. The molecular weight excluding hydrogens is 439 g/mol. The number of alkyl halides is 3. The summed E-state index contributed by atoms with van der Waals surface area (Å²) in [5.41, 5.74) is 0.00149. The lowest BCUT2D eigenvalue weighted by molar-refractivity contribution is -0.137. The molecule has 1 amide bonds. The van der Waals surface area contributed by atoms with Crippen LogP contribution in [0.4, 0.5) is 24.0 Å². The number of nitrogens with one attached hydrogen (secondary N) is 2. The summed E-state index contributed by atoms with van der Waals surface area (Å²) >= 11 is 1.14. The summed E-state index contributed by atoms with van der Waals surface area (Å²) in [7, 11) is -3.80. The van der Waals surface area contributed by atoms with Gasteiger partial charge in [-0.3, -0.25) is 9.52 Å². The van der Waals surface area contributed by atoms with Gasteiger partial charge in [-0.15, -0.1) is 11.3 Å². The first-order valence-electron chi connectivity index (χ1n) is 8.32. The molecule has 0 aliphatic carbocycles. The van der Waals surface area contributed by atoms with Gasteiger partial charge in [-0.25, -0.2) is 13.4 Å². The molecule has 6 nitrogen and oxygen atoms in total. The summed E-state index contributed by atoms with van der Waals surface area (Å²) in [5, 5.41) is 4.41. The van der Waals surface area contributed by atoms with Gasteiger partial charge in [-0.05, 0) is 48.0 Å². The van der Waals surface area contributed by atoms with Gasteiger partial charge in [-0.2, -0.15) is 13.2 Å². The molecule has 1 aromatic heterocycles. The van der Waals surface area contributed by atoms with Crippen molar-refractivity contribution in [1.29, 1.82) is 0 Å². The Morgan fingerprint density at radius 2 is 1.70 bits per heavy atom. The van der Waals surface area contributed by atoms with E-state index in [2.05, 4.69) is 15.0 Å². The van der Waals surface area contributed by atoms with Crippen LogP contribution in [0.3, 0.4) is 0 Å². The van der Waals surface area contributed by atoms with Gasteiger partial charge < -0.3 is 5.32 Å². The van der Waals surface area contributed by atoms with Crippen LogP contribution in [0.2, 0.25) is 0 Å². The molecule has 0 atom stereocenters. The van der Waals surface area contributed by atoms with Gasteiger partial charge in [0.1, 0.15) is 0 Å². The van der Waals surface area contributed by atoms with Crippen molar-refractivity contribution in [3.63, 3.8) is 0 Å². The fourth-order valence-corrected chi connectivity index (χ4v) is 4.09. The van der Waals surface area contributed by atoms with E-state index in [1.165, 1.54) is 48.7 Å². The van der Waals surface area contributed by atoms with Crippen LogP contribution < -0.4 is 10.0 Å². The van der Waals surface area contributed by atoms with Gasteiger partial charge in [0.25, 0.3) is 10.0 Å². The molecule has 0 fully saturated rings. The molecule has 156 valence electrons. The maximum Gasteiger partial charge on any atom is 0.416 e. The minimum atomic E-state index is -4.42. The fraction of sp³-hybridized carbons (Fsp3) is 0.0526. The monoisotopic (exact) mass is 453 g/mol. The summed E-state index contributed by atoms with van der Waals surface area (Å²) in [6, 6.07) is 9.84. The van der Waals surface area contributed by atoms with Crippen molar-refractivity contribution in [2.24, 2.45) is 0 Å². The molecule has 0 radical (unpaired) electrons. The number of hydrogen-bond acceptors (Lipinski definition) is 5. The zero-order chi connectivity index (χ0) is 21.8. The largest absolute Gasteiger partial charge is 0.416 e. The molecule has 0 unspecified atom stereocenters. The van der Waals surface area contributed by atoms with E-state index in [0.717, 1.165) is 29.5 Å². The number of carbonyl (C=O) groups excluding carboxylic acids is 1. The van der Waals surface area contributed by atoms with E-state index >= 15 is 0 Å². The van der Waals surface area contributed by atoms with E-state index in [-0.39, 0.29) is 10.0 Å². The summed E-state index contributed by atoms with van der Waals surface area (Å²) in [5.74, 6) is -0.522. The Morgan fingerprint density at radius 3 is 2.27 bits per heavy atom. The zero-order valence-electron chi connectivity index (χ0n) is 15.1. The van der Waals surface area contributed by atoms with Crippen molar-refractivity contribution < 1.29 is 26.4 Å². The topological polar surface area (TPSA) is 88.2 Å². The third-order valence-electron chi connectivity index (χ3n) is 3.75. The molecule has 0 saturated heterocycles. The number of carbonyl (C=O) groups is 1. The first-order chi connectivity index (χ1) is 14.1. The number of sulfonamides is 1. The highest BCUT2D eigenvalue weighted by Crippen LogP contribution is 2.29. The number of amides is 1. The number of benzene rings is 2. The lowest BCUT2D eigenvalue weighted by Crippen LogP contribution is -2.13. The molecule has 0 spiro atoms. The molecule has 3 rings (SSSR count). The second kappa shape index (κ2) is 8.67. The fourth-order valence-electron chi connectivity index (χ4n) is 2.30. The standard InChI is InChI=1S/C19H14F3N3O3S2/c20-19(21,22)14-4-1-13(2-5-14)3-10-17(26)24-15-6-8-16(9-7-15)30(27,28)25-18-23-11-12-29-18/h1-12H,(H,23,25)(H,24,26). The number of rotatable bonds is 6. The van der Waals surface area contributed by atoms with Crippen molar-refractivity contribution in [3.8, 4) is 0 Å². The first-order valence-corrected chi connectivity index (χ1v) is 10.7. The Bertz CT molecular complexity index is 1140. The Labute approximate surface area is 174 Å². The molecule has 3 aromatic rings. The van der Waals surface area contributed by atoms with Crippen molar-refractivity contribution >= 4 is 44.2 Å². The van der Waals surface area contributed by atoms with Gasteiger partial charge in [-0.1, -0.05) is 12.1 Å². The summed E-state index contributed by atoms with van der Waals surface area (Å²) in [4.78, 5) is 15.8. The Kier molecular flexibility index (Phi) is 6.22. The van der Waals surface area contributed by atoms with Crippen LogP contribution in [0.25, 0.3) is 6.08 Å². The molecule has 0 aliphatic heterocycles. The van der Waals surface area contributed by atoms with Crippen LogP contribution in [0, 0.1) is 0 Å². The van der Waals surface area contributed by atoms with Crippen molar-refractivity contribution in [3.05, 3.63) is 77.3 Å². The van der Waals surface area contributed by atoms with Gasteiger partial charge in [0.15, 0.2) is 5.13 Å². The maximum absolute atomic E-state index is 12.5. The average Bonchev–Trinajstić information content (AvgIpc) is 3.19. The van der Waals surface area contributed by atoms with Crippen LogP contribution in [-0.4, -0.2) is 19.3 Å². The molecule has 0 saturated carbocycles. The molecule has 0 aliphatic rings. The smallest absolute Gasteiger partial charge is 0.323 e. The second-order valence-corrected chi connectivity index (χ2v) is 8.49. The Hall–Kier alpha value is -3.18. The molecule has 1 heterocycles. The van der Waals surface area contributed by atoms with Gasteiger partial charge in [0.2, 0.25) is 5.91 Å². The minimum absolute atomic E-state index is 0.00371. The van der Waals surface area contributed by atoms with Gasteiger partial charge in [0, 0.05) is 23.3 Å². The van der Waals surface area contributed by atoms with Crippen LogP contribution in [0.1, 0.15) is 11.1 Å². The number of anilines is 2. The summed E-state index contributed by atoms with van der Waals surface area (Å²) < 4.78 is 64.5. The molecular formula is C19H14F3N3O3S2. The van der Waals surface area contributed by atoms with E-state index < -0.39 is 27.7 Å². The molecule has 11 heteroatoms. The van der Waals surface area contributed by atoms with E-state index in [9.17, 15) is 26.4 Å². The number of nitrogens with zero attached hydrogens (tertiary/aromatic N) is 1. The van der Waals surface area contributed by atoms with Crippen LogP contribution in [0.5, 0.6) is 0 Å². The Morgan fingerprint density at radius 1 is 1.03 bits per heavy atom. The zero-order valence-corrected chi connectivity index (χ0v) is 16.7. The lowest BCUT2D eigenvalue weighted by Gasteiger charge is -2.07. The second-order valence-electron chi connectivity index (χ2n) is 5.91. The van der Waals surface area contributed by atoms with Crippen LogP contribution in [0.15, 0.2) is 71.1 Å². The van der Waals surface area contributed by atoms with Crippen LogP contribution >= 0.6 is 11.3 Å². The van der Waals surface area contributed by atoms with Crippen molar-refractivity contribution in [2.45, 2.75) is 11.1 Å². The first kappa shape index (κ1) is 21.5. The maximum atomic E-state index is 12.5. The average molecular weight is 453 g/mol. The number of aromatic nitrogens is 1. The third kappa shape index (κ3) is 5.67. The quantitative estimate of drug-likeness (QED) is 0.534. The van der Waals surface area contributed by atoms with Crippen LogP contribution in [-0.2, 0) is 21.0 Å². The highest BCUT2D eigenvalue weighted by Gasteiger charge is 2.29. The summed E-state index contributed by atoms with van der Waals surface area (Å²) in [6.07, 6.45) is -0.419. The SMILES string of the molecule is O=C(C=Cc1ccc(C(F)(F)F)cc1)Nc1ccc(S(=O)(=O)Nc2nccs2)cc1. The summed E-state index contributed by atoms with van der Waals surface area (Å²) in [6.45, 7) is 0. The highest BCUT2D eigenvalue weighted by molar-refractivity contribution is 7.93. The minimum Gasteiger partial charge on any atom is -0.323 e. The van der Waals surface area contributed by atoms with Crippen molar-refractivity contribution in [2.75, 3.05) is 10.0 Å². The molecule has 0 bridgehead atoms. The van der Waals surface area contributed by atoms with E-state index in [1.807, 2.05) is 0 Å². The van der Waals surface area contributed by atoms with Gasteiger partial charge >= 0.3 is 6.18 Å². The Balaban J connectivity index is 1.61. The van der Waals surface area contributed by atoms with Gasteiger partial charge in [0.05, 0.1) is 10.5 Å². The number of halogens is 3.